The van der Waals surface area contributed by atoms with Crippen LogP contribution in [0.3, 0.4) is 0 Å². The summed E-state index contributed by atoms with van der Waals surface area (Å²) in [5, 5.41) is 9.00. The number of ether oxygens (including phenoxy) is 2. The van der Waals surface area contributed by atoms with Crippen LogP contribution in [0.15, 0.2) is 66.7 Å². The average Bonchev–Trinajstić information content (AvgIpc) is 2.79. The van der Waals surface area contributed by atoms with Crippen molar-refractivity contribution in [2.24, 2.45) is 0 Å². The minimum atomic E-state index is -0.338. The number of nitriles is 1. The maximum Gasteiger partial charge on any atom is 0.227 e. The van der Waals surface area contributed by atoms with Gasteiger partial charge in [0, 0.05) is 13.1 Å². The minimum absolute atomic E-state index is 0.0923. The first-order chi connectivity index (χ1) is 15.1. The van der Waals surface area contributed by atoms with Gasteiger partial charge in [0.25, 0.3) is 0 Å². The standard InChI is InChI=1S/C25H21FN2O3/c26-22-3-1-2-21(12-22)17-28(16-19-6-4-18(15-27)5-7-19)25(29)14-20-8-9-23-24(13-20)31-11-10-30-23/h1-9,12-13H,10-11,14,16-17H2. The lowest BCUT2D eigenvalue weighted by Crippen LogP contribution is -2.31. The minimum Gasteiger partial charge on any atom is -0.486 e. The van der Waals surface area contributed by atoms with Crippen LogP contribution in [0.1, 0.15) is 22.3 Å². The Bertz CT molecular complexity index is 1120. The number of hydrogen-bond acceptors (Lipinski definition) is 4. The lowest BCUT2D eigenvalue weighted by atomic mass is 10.1. The van der Waals surface area contributed by atoms with Crippen LogP contribution in [-0.2, 0) is 24.3 Å². The molecule has 31 heavy (non-hydrogen) atoms. The van der Waals surface area contributed by atoms with E-state index in [4.69, 9.17) is 14.7 Å². The van der Waals surface area contributed by atoms with Gasteiger partial charge in [0.1, 0.15) is 19.0 Å². The van der Waals surface area contributed by atoms with Crippen molar-refractivity contribution in [2.45, 2.75) is 19.5 Å². The third-order valence-electron chi connectivity index (χ3n) is 5.03. The molecular weight excluding hydrogens is 395 g/mol. The molecule has 0 aliphatic carbocycles. The molecule has 0 saturated heterocycles. The summed E-state index contributed by atoms with van der Waals surface area (Å²) in [6.45, 7) is 1.62. The molecule has 4 rings (SSSR count). The predicted octanol–water partition coefficient (Wildman–Crippen LogP) is 4.24. The summed E-state index contributed by atoms with van der Waals surface area (Å²) in [6.07, 6.45) is 0.183. The van der Waals surface area contributed by atoms with E-state index in [2.05, 4.69) is 6.07 Å². The van der Waals surface area contributed by atoms with Gasteiger partial charge in [-0.05, 0) is 53.1 Å². The molecule has 0 radical (unpaired) electrons. The van der Waals surface area contributed by atoms with Gasteiger partial charge in [0.2, 0.25) is 5.91 Å². The van der Waals surface area contributed by atoms with E-state index in [1.165, 1.54) is 12.1 Å². The van der Waals surface area contributed by atoms with E-state index in [-0.39, 0.29) is 24.7 Å². The zero-order valence-corrected chi connectivity index (χ0v) is 16.9. The first-order valence-electron chi connectivity index (χ1n) is 10.0. The van der Waals surface area contributed by atoms with Crippen molar-refractivity contribution in [3.05, 3.63) is 94.8 Å². The molecule has 3 aromatic carbocycles. The van der Waals surface area contributed by atoms with Crippen molar-refractivity contribution >= 4 is 5.91 Å². The van der Waals surface area contributed by atoms with Gasteiger partial charge in [-0.25, -0.2) is 4.39 Å². The lowest BCUT2D eigenvalue weighted by Gasteiger charge is -2.24. The highest BCUT2D eigenvalue weighted by Gasteiger charge is 2.18. The van der Waals surface area contributed by atoms with Crippen LogP contribution < -0.4 is 9.47 Å². The highest BCUT2D eigenvalue weighted by Crippen LogP contribution is 2.31. The van der Waals surface area contributed by atoms with E-state index in [9.17, 15) is 9.18 Å². The predicted molar refractivity (Wildman–Crippen MR) is 113 cm³/mol. The Morgan fingerprint density at radius 3 is 2.35 bits per heavy atom. The molecule has 6 heteroatoms. The number of fused-ring (bicyclic) bond motifs is 1. The summed E-state index contributed by atoms with van der Waals surface area (Å²) in [4.78, 5) is 14.9. The fourth-order valence-corrected chi connectivity index (χ4v) is 3.48. The van der Waals surface area contributed by atoms with Gasteiger partial charge in [0.05, 0.1) is 18.1 Å². The first-order valence-corrected chi connectivity index (χ1v) is 10.0. The fourth-order valence-electron chi connectivity index (χ4n) is 3.48. The van der Waals surface area contributed by atoms with Crippen LogP contribution in [0.2, 0.25) is 0 Å². The Hall–Kier alpha value is -3.85. The maximum absolute atomic E-state index is 13.7. The molecule has 0 fully saturated rings. The van der Waals surface area contributed by atoms with Crippen molar-refractivity contribution in [1.29, 1.82) is 5.26 Å². The van der Waals surface area contributed by atoms with Crippen molar-refractivity contribution in [3.8, 4) is 17.6 Å². The molecule has 156 valence electrons. The van der Waals surface area contributed by atoms with Crippen molar-refractivity contribution < 1.29 is 18.7 Å². The SMILES string of the molecule is N#Cc1ccc(CN(Cc2cccc(F)c2)C(=O)Cc2ccc3c(c2)OCCO3)cc1. The second kappa shape index (κ2) is 9.31. The second-order valence-electron chi connectivity index (χ2n) is 7.34. The zero-order chi connectivity index (χ0) is 21.6. The molecule has 0 spiro atoms. The van der Waals surface area contributed by atoms with Crippen LogP contribution in [0.5, 0.6) is 11.5 Å². The van der Waals surface area contributed by atoms with Gasteiger partial charge >= 0.3 is 0 Å². The molecule has 0 aromatic heterocycles. The van der Waals surface area contributed by atoms with Crippen molar-refractivity contribution in [2.75, 3.05) is 13.2 Å². The van der Waals surface area contributed by atoms with E-state index in [1.807, 2.05) is 30.3 Å². The zero-order valence-electron chi connectivity index (χ0n) is 16.9. The van der Waals surface area contributed by atoms with Gasteiger partial charge < -0.3 is 14.4 Å². The summed E-state index contributed by atoms with van der Waals surface area (Å²) in [5.41, 5.74) is 2.98. The van der Waals surface area contributed by atoms with E-state index >= 15 is 0 Å². The molecule has 1 aliphatic rings. The van der Waals surface area contributed by atoms with Crippen LogP contribution in [0.4, 0.5) is 4.39 Å². The monoisotopic (exact) mass is 416 g/mol. The van der Waals surface area contributed by atoms with E-state index in [0.717, 1.165) is 11.1 Å². The molecule has 0 N–H and O–H groups in total. The molecule has 0 saturated carbocycles. The summed E-state index contributed by atoms with van der Waals surface area (Å²) in [6, 6.07) is 20.9. The number of hydrogen-bond donors (Lipinski definition) is 0. The normalized spacial score (nSPS) is 12.1. The van der Waals surface area contributed by atoms with Crippen LogP contribution >= 0.6 is 0 Å². The Morgan fingerprint density at radius 2 is 1.61 bits per heavy atom. The number of amides is 1. The molecule has 0 bridgehead atoms. The number of carbonyl (C=O) groups excluding carboxylic acids is 1. The van der Waals surface area contributed by atoms with E-state index in [0.29, 0.717) is 42.4 Å². The molecular formula is C25H21FN2O3. The molecule has 1 aliphatic heterocycles. The molecule has 0 unspecified atom stereocenters. The smallest absolute Gasteiger partial charge is 0.227 e. The number of halogens is 1. The summed E-state index contributed by atoms with van der Waals surface area (Å²) in [7, 11) is 0. The Balaban J connectivity index is 1.54. The third kappa shape index (κ3) is 5.20. The molecule has 0 atom stereocenters. The van der Waals surface area contributed by atoms with Crippen molar-refractivity contribution in [3.63, 3.8) is 0 Å². The maximum atomic E-state index is 13.7. The van der Waals surface area contributed by atoms with Gasteiger partial charge in [-0.1, -0.05) is 30.3 Å². The highest BCUT2D eigenvalue weighted by molar-refractivity contribution is 5.79. The Kier molecular flexibility index (Phi) is 6.13. The topological polar surface area (TPSA) is 62.6 Å². The lowest BCUT2D eigenvalue weighted by molar-refractivity contribution is -0.131. The number of benzene rings is 3. The van der Waals surface area contributed by atoms with Gasteiger partial charge in [0.15, 0.2) is 11.5 Å². The summed E-state index contributed by atoms with van der Waals surface area (Å²) in [5.74, 6) is 0.886. The average molecular weight is 416 g/mol. The summed E-state index contributed by atoms with van der Waals surface area (Å²) >= 11 is 0. The van der Waals surface area contributed by atoms with Crippen molar-refractivity contribution in [1.82, 2.24) is 4.90 Å². The van der Waals surface area contributed by atoms with Gasteiger partial charge in [-0.3, -0.25) is 4.79 Å². The quantitative estimate of drug-likeness (QED) is 0.603. The van der Waals surface area contributed by atoms with Gasteiger partial charge in [-0.15, -0.1) is 0 Å². The number of nitrogens with zero attached hydrogens (tertiary/aromatic N) is 2. The molecule has 3 aromatic rings. The third-order valence-corrected chi connectivity index (χ3v) is 5.03. The second-order valence-corrected chi connectivity index (χ2v) is 7.34. The first kappa shape index (κ1) is 20.4. The van der Waals surface area contributed by atoms with Gasteiger partial charge in [-0.2, -0.15) is 5.26 Å². The molecule has 1 heterocycles. The fraction of sp³-hybridized carbons (Fsp3) is 0.200. The van der Waals surface area contributed by atoms with E-state index in [1.54, 1.807) is 29.2 Å². The number of rotatable bonds is 6. The van der Waals surface area contributed by atoms with Crippen LogP contribution in [-0.4, -0.2) is 24.0 Å². The summed E-state index contributed by atoms with van der Waals surface area (Å²) < 4.78 is 24.8. The van der Waals surface area contributed by atoms with E-state index < -0.39 is 0 Å². The Labute approximate surface area is 180 Å². The molecule has 1 amide bonds. The molecule has 5 nitrogen and oxygen atoms in total. The van der Waals surface area contributed by atoms with Crippen LogP contribution in [0, 0.1) is 17.1 Å². The largest absolute Gasteiger partial charge is 0.486 e. The highest BCUT2D eigenvalue weighted by atomic mass is 19.1. The number of carbonyl (C=O) groups is 1. The Morgan fingerprint density at radius 1 is 0.903 bits per heavy atom. The van der Waals surface area contributed by atoms with Crippen LogP contribution in [0.25, 0.3) is 0 Å².